The zero-order valence-electron chi connectivity index (χ0n) is 30.5. The number of hydrogen-bond donors (Lipinski definition) is 0. The van der Waals surface area contributed by atoms with Crippen LogP contribution < -0.4 is 4.90 Å². The summed E-state index contributed by atoms with van der Waals surface area (Å²) >= 11 is 1.87. The first-order chi connectivity index (χ1) is 27.3. The fourth-order valence-corrected chi connectivity index (χ4v) is 10.4. The van der Waals surface area contributed by atoms with Crippen LogP contribution in [0.1, 0.15) is 43.6 Å². The maximum Gasteiger partial charge on any atom is 0.136 e. The van der Waals surface area contributed by atoms with Gasteiger partial charge in [-0.3, -0.25) is 0 Å². The van der Waals surface area contributed by atoms with Crippen LogP contribution in [0.25, 0.3) is 75.1 Å². The highest BCUT2D eigenvalue weighted by atomic mass is 32.1. The standard InChI is InChI=1S/C52H39NOS/c1-2-13-35(14-3-1)39-20-10-15-36-16-11-21-43(51(36)39)40-17-4-7-22-45(40)53(46-23-12-26-50-52(46)44-19-6-9-25-49(44)55-50)38-30-27-34(28-31-38)37-29-32-42-41-18-5-8-24-47(41)54-48(42)33-37/h4-12,15-33,35H,1-3,13-14H2. The van der Waals surface area contributed by atoms with E-state index in [1.165, 1.54) is 91.1 Å². The highest BCUT2D eigenvalue weighted by molar-refractivity contribution is 7.26. The van der Waals surface area contributed by atoms with Gasteiger partial charge in [0.15, 0.2) is 0 Å². The zero-order valence-corrected chi connectivity index (χ0v) is 31.4. The number of fused-ring (bicyclic) bond motifs is 7. The second kappa shape index (κ2) is 13.3. The van der Waals surface area contributed by atoms with Crippen LogP contribution in [0.15, 0.2) is 174 Å². The minimum absolute atomic E-state index is 0.596. The second-order valence-corrected chi connectivity index (χ2v) is 16.1. The summed E-state index contributed by atoms with van der Waals surface area (Å²) in [5, 5.41) is 7.61. The number of nitrogens with zero attached hydrogens (tertiary/aromatic N) is 1. The highest BCUT2D eigenvalue weighted by Gasteiger charge is 2.24. The third-order valence-electron chi connectivity index (χ3n) is 11.9. The molecule has 2 nitrogen and oxygen atoms in total. The molecular weight excluding hydrogens is 687 g/mol. The molecule has 0 saturated heterocycles. The number of benzene rings is 8. The molecule has 10 aromatic rings. The molecule has 0 aliphatic heterocycles. The quantitative estimate of drug-likeness (QED) is 0.170. The number of furan rings is 1. The summed E-state index contributed by atoms with van der Waals surface area (Å²) < 4.78 is 8.89. The fraction of sp³-hybridized carbons (Fsp3) is 0.115. The van der Waals surface area contributed by atoms with Gasteiger partial charge in [0, 0.05) is 42.2 Å². The van der Waals surface area contributed by atoms with Gasteiger partial charge in [-0.2, -0.15) is 0 Å². The van der Waals surface area contributed by atoms with Crippen molar-refractivity contribution in [2.45, 2.75) is 38.0 Å². The van der Waals surface area contributed by atoms with Crippen LogP contribution in [-0.4, -0.2) is 0 Å². The number of anilines is 3. The van der Waals surface area contributed by atoms with Crippen molar-refractivity contribution >= 4 is 81.3 Å². The van der Waals surface area contributed by atoms with Gasteiger partial charge in [0.05, 0.1) is 11.4 Å². The summed E-state index contributed by atoms with van der Waals surface area (Å²) in [6.07, 6.45) is 6.51. The van der Waals surface area contributed by atoms with E-state index < -0.39 is 0 Å². The molecule has 3 heteroatoms. The summed E-state index contributed by atoms with van der Waals surface area (Å²) in [4.78, 5) is 2.51. The summed E-state index contributed by atoms with van der Waals surface area (Å²) in [7, 11) is 0. The molecule has 55 heavy (non-hydrogen) atoms. The van der Waals surface area contributed by atoms with E-state index in [4.69, 9.17) is 4.42 Å². The van der Waals surface area contributed by atoms with Crippen molar-refractivity contribution < 1.29 is 4.42 Å². The lowest BCUT2D eigenvalue weighted by Crippen LogP contribution is -2.12. The van der Waals surface area contributed by atoms with E-state index in [0.29, 0.717) is 5.92 Å². The van der Waals surface area contributed by atoms with Crippen LogP contribution in [0.3, 0.4) is 0 Å². The van der Waals surface area contributed by atoms with Gasteiger partial charge >= 0.3 is 0 Å². The number of rotatable bonds is 6. The molecule has 0 N–H and O–H groups in total. The predicted molar refractivity (Wildman–Crippen MR) is 235 cm³/mol. The van der Waals surface area contributed by atoms with Crippen molar-refractivity contribution in [1.29, 1.82) is 0 Å². The van der Waals surface area contributed by atoms with E-state index in [1.54, 1.807) is 0 Å². The fourth-order valence-electron chi connectivity index (χ4n) is 9.30. The highest BCUT2D eigenvalue weighted by Crippen LogP contribution is 2.49. The minimum atomic E-state index is 0.596. The van der Waals surface area contributed by atoms with Gasteiger partial charge in [0.25, 0.3) is 0 Å². The molecule has 0 atom stereocenters. The van der Waals surface area contributed by atoms with Crippen LogP contribution >= 0.6 is 11.3 Å². The van der Waals surface area contributed by atoms with Crippen LogP contribution in [0.5, 0.6) is 0 Å². The molecule has 0 bridgehead atoms. The topological polar surface area (TPSA) is 16.4 Å². The smallest absolute Gasteiger partial charge is 0.136 e. The first-order valence-electron chi connectivity index (χ1n) is 19.6. The van der Waals surface area contributed by atoms with Crippen LogP contribution in [-0.2, 0) is 0 Å². The van der Waals surface area contributed by atoms with E-state index in [9.17, 15) is 0 Å². The SMILES string of the molecule is c1ccc(N(c2ccc(-c3ccc4c(c3)oc3ccccc34)cc2)c2cccc3sc4ccccc4c23)c(-c2cccc3cccc(C4CCCCC4)c23)c1. The van der Waals surface area contributed by atoms with Crippen molar-refractivity contribution in [1.82, 2.24) is 0 Å². The van der Waals surface area contributed by atoms with Gasteiger partial charge in [-0.1, -0.05) is 135 Å². The van der Waals surface area contributed by atoms with E-state index in [0.717, 1.165) is 38.8 Å². The Morgan fingerprint density at radius 1 is 0.473 bits per heavy atom. The number of thiophene rings is 1. The lowest BCUT2D eigenvalue weighted by Gasteiger charge is -2.30. The molecule has 11 rings (SSSR count). The Labute approximate surface area is 324 Å². The zero-order chi connectivity index (χ0) is 36.3. The molecule has 8 aromatic carbocycles. The molecule has 1 fully saturated rings. The van der Waals surface area contributed by atoms with Gasteiger partial charge < -0.3 is 9.32 Å². The molecule has 1 saturated carbocycles. The number of para-hydroxylation sites is 2. The van der Waals surface area contributed by atoms with Gasteiger partial charge in [-0.15, -0.1) is 11.3 Å². The Balaban J connectivity index is 1.11. The van der Waals surface area contributed by atoms with E-state index in [-0.39, 0.29) is 0 Å². The van der Waals surface area contributed by atoms with Crippen molar-refractivity contribution in [3.63, 3.8) is 0 Å². The molecule has 2 heterocycles. The first kappa shape index (κ1) is 32.3. The second-order valence-electron chi connectivity index (χ2n) is 15.0. The van der Waals surface area contributed by atoms with Gasteiger partial charge in [-0.25, -0.2) is 0 Å². The Morgan fingerprint density at radius 3 is 2.04 bits per heavy atom. The Morgan fingerprint density at radius 2 is 1.15 bits per heavy atom. The van der Waals surface area contributed by atoms with Crippen molar-refractivity contribution in [2.24, 2.45) is 0 Å². The van der Waals surface area contributed by atoms with Crippen molar-refractivity contribution in [3.05, 3.63) is 175 Å². The monoisotopic (exact) mass is 725 g/mol. The maximum absolute atomic E-state index is 6.29. The average molecular weight is 726 g/mol. The average Bonchev–Trinajstić information content (AvgIpc) is 3.83. The molecule has 1 aliphatic rings. The summed E-state index contributed by atoms with van der Waals surface area (Å²) in [5.74, 6) is 0.596. The van der Waals surface area contributed by atoms with Crippen LogP contribution in [0.4, 0.5) is 17.1 Å². The Bertz CT molecular complexity index is 3030. The summed E-state index contributed by atoms with van der Waals surface area (Å²) in [5.41, 5.74) is 11.7. The van der Waals surface area contributed by atoms with E-state index in [2.05, 4.69) is 163 Å². The molecular formula is C52H39NOS. The largest absolute Gasteiger partial charge is 0.456 e. The molecule has 2 aromatic heterocycles. The molecule has 0 amide bonds. The maximum atomic E-state index is 6.29. The predicted octanol–water partition coefficient (Wildman–Crippen LogP) is 16.0. The van der Waals surface area contributed by atoms with Gasteiger partial charge in [-0.05, 0) is 106 Å². The summed E-state index contributed by atoms with van der Waals surface area (Å²) in [6, 6.07) is 62.5. The van der Waals surface area contributed by atoms with Crippen LogP contribution in [0, 0.1) is 0 Å². The Kier molecular flexibility index (Phi) is 7.81. The van der Waals surface area contributed by atoms with E-state index in [1.807, 2.05) is 23.5 Å². The molecule has 0 unspecified atom stereocenters. The van der Waals surface area contributed by atoms with Gasteiger partial charge in [0.1, 0.15) is 11.2 Å². The first-order valence-corrected chi connectivity index (χ1v) is 20.4. The van der Waals surface area contributed by atoms with Gasteiger partial charge in [0.2, 0.25) is 0 Å². The van der Waals surface area contributed by atoms with Crippen molar-refractivity contribution in [2.75, 3.05) is 4.90 Å². The Hall–Kier alpha value is -6.16. The lowest BCUT2D eigenvalue weighted by atomic mass is 9.80. The lowest BCUT2D eigenvalue weighted by molar-refractivity contribution is 0.445. The van der Waals surface area contributed by atoms with Crippen LogP contribution in [0.2, 0.25) is 0 Å². The third-order valence-corrected chi connectivity index (χ3v) is 13.0. The minimum Gasteiger partial charge on any atom is -0.456 e. The molecule has 264 valence electrons. The number of hydrogen-bond acceptors (Lipinski definition) is 3. The normalized spacial score (nSPS) is 13.7. The molecule has 0 spiro atoms. The molecule has 0 radical (unpaired) electrons. The third kappa shape index (κ3) is 5.45. The summed E-state index contributed by atoms with van der Waals surface area (Å²) in [6.45, 7) is 0. The van der Waals surface area contributed by atoms with E-state index >= 15 is 0 Å². The van der Waals surface area contributed by atoms with Crippen molar-refractivity contribution in [3.8, 4) is 22.3 Å². The molecule has 1 aliphatic carbocycles.